The lowest BCUT2D eigenvalue weighted by atomic mass is 10.0. The van der Waals surface area contributed by atoms with Crippen molar-refractivity contribution in [1.29, 1.82) is 0 Å². The van der Waals surface area contributed by atoms with Gasteiger partial charge in [0.15, 0.2) is 0 Å². The molecule has 0 fully saturated rings. The van der Waals surface area contributed by atoms with Gasteiger partial charge in [0.2, 0.25) is 0 Å². The summed E-state index contributed by atoms with van der Waals surface area (Å²) in [6.45, 7) is 2.87. The Balaban J connectivity index is 1.44. The van der Waals surface area contributed by atoms with Crippen LogP contribution in [-0.4, -0.2) is 20.4 Å². The van der Waals surface area contributed by atoms with E-state index in [0.29, 0.717) is 23.1 Å². The van der Waals surface area contributed by atoms with E-state index in [1.54, 1.807) is 6.21 Å². The fourth-order valence-electron chi connectivity index (χ4n) is 5.05. The number of aromatic nitrogens is 3. The molecule has 2 heterocycles. The zero-order valence-electron chi connectivity index (χ0n) is 21.1. The van der Waals surface area contributed by atoms with E-state index in [1.165, 1.54) is 21.0 Å². The molecule has 188 valence electrons. The minimum Gasteiger partial charge on any atom is -0.342 e. The molecule has 2 aromatic heterocycles. The molecule has 0 aliphatic carbocycles. The zero-order chi connectivity index (χ0) is 26.1. The van der Waals surface area contributed by atoms with Gasteiger partial charge in [0.05, 0.1) is 17.1 Å². The third kappa shape index (κ3) is 4.56. The number of hydrogen-bond acceptors (Lipinski definition) is 3. The number of unbranched alkanes of at least 4 members (excludes halogenated alkanes) is 1. The van der Waals surface area contributed by atoms with Crippen LogP contribution in [0.3, 0.4) is 0 Å². The molecule has 0 N–H and O–H groups in total. The Hall–Kier alpha value is -4.03. The van der Waals surface area contributed by atoms with Gasteiger partial charge in [-0.05, 0) is 47.0 Å². The van der Waals surface area contributed by atoms with Crippen LogP contribution in [0.4, 0.5) is 0 Å². The highest BCUT2D eigenvalue weighted by atomic mass is 79.9. The van der Waals surface area contributed by atoms with Crippen LogP contribution in [-0.2, 0) is 13.0 Å². The lowest BCUT2D eigenvalue weighted by Gasteiger charge is -2.09. The molecule has 5 nitrogen and oxygen atoms in total. The van der Waals surface area contributed by atoms with E-state index in [0.717, 1.165) is 40.3 Å². The Morgan fingerprint density at radius 2 is 1.71 bits per heavy atom. The molecule has 0 spiro atoms. The molecular weight excluding hydrogens is 536 g/mol. The summed E-state index contributed by atoms with van der Waals surface area (Å²) in [5.74, 6) is 0.683. The van der Waals surface area contributed by atoms with Gasteiger partial charge in [-0.3, -0.25) is 4.79 Å². The largest absolute Gasteiger partial charge is 0.342 e. The minimum absolute atomic E-state index is 0.154. The van der Waals surface area contributed by atoms with Gasteiger partial charge in [-0.1, -0.05) is 89.9 Å². The average molecular weight is 563 g/mol. The first-order chi connectivity index (χ1) is 18.6. The summed E-state index contributed by atoms with van der Waals surface area (Å²) in [6, 6.07) is 28.9. The highest BCUT2D eigenvalue weighted by molar-refractivity contribution is 9.10. The summed E-state index contributed by atoms with van der Waals surface area (Å²) >= 11 is 3.48. The second-order valence-corrected chi connectivity index (χ2v) is 10.4. The lowest BCUT2D eigenvalue weighted by Crippen LogP contribution is -2.22. The van der Waals surface area contributed by atoms with Crippen LogP contribution in [0, 0.1) is 0 Å². The van der Waals surface area contributed by atoms with Crippen molar-refractivity contribution in [1.82, 2.24) is 14.2 Å². The van der Waals surface area contributed by atoms with E-state index >= 15 is 0 Å². The first kappa shape index (κ1) is 24.3. The molecule has 0 atom stereocenters. The van der Waals surface area contributed by atoms with E-state index in [-0.39, 0.29) is 5.56 Å². The molecule has 38 heavy (non-hydrogen) atoms. The first-order valence-electron chi connectivity index (χ1n) is 12.9. The predicted octanol–water partition coefficient (Wildman–Crippen LogP) is 7.54. The molecule has 0 amide bonds. The van der Waals surface area contributed by atoms with Crippen molar-refractivity contribution in [3.63, 3.8) is 0 Å². The molecule has 0 saturated heterocycles. The van der Waals surface area contributed by atoms with Gasteiger partial charge in [0, 0.05) is 40.1 Å². The molecule has 0 unspecified atom stereocenters. The topological polar surface area (TPSA) is 52.2 Å². The highest BCUT2D eigenvalue weighted by Gasteiger charge is 2.13. The molecule has 0 radical (unpaired) electrons. The SMILES string of the molecule is CCCCc1nc2ccc(Br)cc2c(=O)n1N=Cc1cn(Cc2cccc3ccccc23)c2ccccc12. The molecule has 0 saturated carbocycles. The molecule has 0 aliphatic heterocycles. The molecule has 6 aromatic rings. The second-order valence-electron chi connectivity index (χ2n) is 9.52. The van der Waals surface area contributed by atoms with E-state index in [2.05, 4.69) is 94.3 Å². The Morgan fingerprint density at radius 1 is 0.921 bits per heavy atom. The van der Waals surface area contributed by atoms with Crippen LogP contribution in [0.2, 0.25) is 0 Å². The number of hydrogen-bond donors (Lipinski definition) is 0. The van der Waals surface area contributed by atoms with Crippen LogP contribution < -0.4 is 5.56 Å². The maximum absolute atomic E-state index is 13.5. The van der Waals surface area contributed by atoms with E-state index in [9.17, 15) is 4.79 Å². The average Bonchev–Trinajstić information content (AvgIpc) is 3.29. The summed E-state index contributed by atoms with van der Waals surface area (Å²) in [5, 5.41) is 8.85. The van der Waals surface area contributed by atoms with Crippen LogP contribution >= 0.6 is 15.9 Å². The lowest BCUT2D eigenvalue weighted by molar-refractivity contribution is 0.675. The zero-order valence-corrected chi connectivity index (χ0v) is 22.7. The molecular formula is C32H27BrN4O. The molecule has 4 aromatic carbocycles. The summed E-state index contributed by atoms with van der Waals surface area (Å²) in [6.07, 6.45) is 6.56. The first-order valence-corrected chi connectivity index (χ1v) is 13.7. The standard InChI is InChI=1S/C32H27BrN4O/c1-2-3-15-31-35-29-17-16-25(33)18-28(29)32(38)37(31)34-19-24-21-36(30-14-7-6-13-27(24)30)20-23-11-8-10-22-9-4-5-12-26(22)23/h4-14,16-19,21H,2-3,15,20H2,1H3. The van der Waals surface area contributed by atoms with Gasteiger partial charge in [-0.25, -0.2) is 4.98 Å². The van der Waals surface area contributed by atoms with E-state index < -0.39 is 0 Å². The number of rotatable bonds is 7. The number of nitrogens with zero attached hydrogens (tertiary/aromatic N) is 4. The Labute approximate surface area is 229 Å². The van der Waals surface area contributed by atoms with Crippen LogP contribution in [0.15, 0.2) is 105 Å². The van der Waals surface area contributed by atoms with Gasteiger partial charge >= 0.3 is 0 Å². The van der Waals surface area contributed by atoms with Gasteiger partial charge in [-0.15, -0.1) is 0 Å². The fourth-order valence-corrected chi connectivity index (χ4v) is 5.41. The third-order valence-corrected chi connectivity index (χ3v) is 7.47. The van der Waals surface area contributed by atoms with E-state index in [1.807, 2.05) is 24.3 Å². The predicted molar refractivity (Wildman–Crippen MR) is 160 cm³/mol. The van der Waals surface area contributed by atoms with Crippen LogP contribution in [0.25, 0.3) is 32.6 Å². The fraction of sp³-hybridized carbons (Fsp3) is 0.156. The molecule has 0 aliphatic rings. The van der Waals surface area contributed by atoms with Crippen LogP contribution in [0.5, 0.6) is 0 Å². The van der Waals surface area contributed by atoms with E-state index in [4.69, 9.17) is 10.1 Å². The number of fused-ring (bicyclic) bond motifs is 3. The number of benzene rings is 4. The summed E-state index contributed by atoms with van der Waals surface area (Å²) in [5.41, 5.74) is 3.89. The maximum Gasteiger partial charge on any atom is 0.282 e. The third-order valence-electron chi connectivity index (χ3n) is 6.98. The van der Waals surface area contributed by atoms with Crippen molar-refractivity contribution in [2.75, 3.05) is 0 Å². The summed E-state index contributed by atoms with van der Waals surface area (Å²) in [7, 11) is 0. The van der Waals surface area contributed by atoms with Crippen LogP contribution in [0.1, 0.15) is 36.7 Å². The Morgan fingerprint density at radius 3 is 2.58 bits per heavy atom. The van der Waals surface area contributed by atoms with Crippen molar-refractivity contribution >= 4 is 54.7 Å². The second kappa shape index (κ2) is 10.4. The molecule has 6 rings (SSSR count). The van der Waals surface area contributed by atoms with Crippen molar-refractivity contribution in [2.24, 2.45) is 5.10 Å². The molecule has 6 heteroatoms. The van der Waals surface area contributed by atoms with Gasteiger partial charge < -0.3 is 4.57 Å². The van der Waals surface area contributed by atoms with Crippen molar-refractivity contribution < 1.29 is 0 Å². The minimum atomic E-state index is -0.154. The quantitative estimate of drug-likeness (QED) is 0.189. The summed E-state index contributed by atoms with van der Waals surface area (Å²) in [4.78, 5) is 18.3. The smallest absolute Gasteiger partial charge is 0.282 e. The Bertz CT molecular complexity index is 1880. The number of aryl methyl sites for hydroxylation is 1. The number of halogens is 1. The van der Waals surface area contributed by atoms with Crippen molar-refractivity contribution in [3.8, 4) is 0 Å². The van der Waals surface area contributed by atoms with Gasteiger partial charge in [0.1, 0.15) is 5.82 Å². The summed E-state index contributed by atoms with van der Waals surface area (Å²) < 4.78 is 4.58. The highest BCUT2D eigenvalue weighted by Crippen LogP contribution is 2.25. The monoisotopic (exact) mass is 562 g/mol. The Kier molecular flexibility index (Phi) is 6.64. The van der Waals surface area contributed by atoms with Gasteiger partial charge in [0.25, 0.3) is 5.56 Å². The molecule has 0 bridgehead atoms. The van der Waals surface area contributed by atoms with Gasteiger partial charge in [-0.2, -0.15) is 9.78 Å². The van der Waals surface area contributed by atoms with Crippen molar-refractivity contribution in [2.45, 2.75) is 32.7 Å². The number of para-hydroxylation sites is 1. The van der Waals surface area contributed by atoms with Crippen molar-refractivity contribution in [3.05, 3.63) is 123 Å². The normalized spacial score (nSPS) is 11.8. The maximum atomic E-state index is 13.5.